The van der Waals surface area contributed by atoms with Crippen molar-refractivity contribution in [3.05, 3.63) is 0 Å². The summed E-state index contributed by atoms with van der Waals surface area (Å²) in [6.45, 7) is 2.85. The smallest absolute Gasteiger partial charge is 0.190 e. The number of aliphatic hydroxyl groups is 2. The van der Waals surface area contributed by atoms with E-state index >= 15 is 0 Å². The fourth-order valence-electron chi connectivity index (χ4n) is 1.57. The summed E-state index contributed by atoms with van der Waals surface area (Å²) in [5, 5.41) is 44.3. The van der Waals surface area contributed by atoms with Crippen molar-refractivity contribution in [2.24, 2.45) is 10.2 Å². The molecule has 0 aliphatic rings. The molecule has 0 spiro atoms. The van der Waals surface area contributed by atoms with E-state index in [1.54, 1.807) is 0 Å². The fraction of sp³-hybridized carbons (Fsp3) is 0.833. The number of nitrogens with zero attached hydrogens (tertiary/aromatic N) is 4. The fourth-order valence-corrected chi connectivity index (χ4v) is 1.57. The highest BCUT2D eigenvalue weighted by Gasteiger charge is 2.33. The van der Waals surface area contributed by atoms with Gasteiger partial charge >= 0.3 is 0 Å². The van der Waals surface area contributed by atoms with Crippen LogP contribution in [0.1, 0.15) is 39.5 Å². The lowest BCUT2D eigenvalue weighted by molar-refractivity contribution is 0.195. The Kier molecular flexibility index (Phi) is 7.11. The highest BCUT2D eigenvalue weighted by Crippen LogP contribution is 2.23. The van der Waals surface area contributed by atoms with Crippen LogP contribution in [0.2, 0.25) is 0 Å². The van der Waals surface area contributed by atoms with Crippen LogP contribution >= 0.6 is 0 Å². The van der Waals surface area contributed by atoms with Crippen LogP contribution in [-0.2, 0) is 0 Å². The van der Waals surface area contributed by atoms with Gasteiger partial charge in [-0.1, -0.05) is 26.7 Å². The van der Waals surface area contributed by atoms with Crippen LogP contribution in [-0.4, -0.2) is 34.5 Å². The van der Waals surface area contributed by atoms with E-state index in [9.17, 15) is 10.2 Å². The SMILES string of the molecule is CCCC(C#N)(CO)N=NC(C#N)(CO)CCC. The molecule has 6 heteroatoms. The molecular weight excluding hydrogens is 232 g/mol. The Morgan fingerprint density at radius 3 is 1.39 bits per heavy atom. The summed E-state index contributed by atoms with van der Waals surface area (Å²) in [5.74, 6) is 0. The van der Waals surface area contributed by atoms with Gasteiger partial charge in [0, 0.05) is 0 Å². The van der Waals surface area contributed by atoms with Crippen molar-refractivity contribution in [1.82, 2.24) is 0 Å². The summed E-state index contributed by atoms with van der Waals surface area (Å²) in [5.41, 5.74) is -2.61. The molecule has 2 N–H and O–H groups in total. The van der Waals surface area contributed by atoms with Crippen molar-refractivity contribution in [1.29, 1.82) is 10.5 Å². The minimum absolute atomic E-state index is 0.364. The van der Waals surface area contributed by atoms with Gasteiger partial charge in [-0.05, 0) is 12.8 Å². The minimum Gasteiger partial charge on any atom is -0.393 e. The van der Waals surface area contributed by atoms with E-state index < -0.39 is 24.3 Å². The lowest BCUT2D eigenvalue weighted by Crippen LogP contribution is -2.33. The van der Waals surface area contributed by atoms with Crippen LogP contribution in [0, 0.1) is 22.7 Å². The van der Waals surface area contributed by atoms with Gasteiger partial charge in [-0.25, -0.2) is 0 Å². The molecule has 6 nitrogen and oxygen atoms in total. The maximum atomic E-state index is 9.26. The van der Waals surface area contributed by atoms with Gasteiger partial charge in [0.25, 0.3) is 0 Å². The molecule has 0 fully saturated rings. The summed E-state index contributed by atoms with van der Waals surface area (Å²) in [6, 6.07) is 3.86. The van der Waals surface area contributed by atoms with Crippen LogP contribution < -0.4 is 0 Å². The molecule has 0 amide bonds. The molecule has 2 atom stereocenters. The van der Waals surface area contributed by atoms with Gasteiger partial charge < -0.3 is 10.2 Å². The van der Waals surface area contributed by atoms with Crippen molar-refractivity contribution in [3.8, 4) is 12.1 Å². The Morgan fingerprint density at radius 2 is 1.22 bits per heavy atom. The second kappa shape index (κ2) is 7.75. The van der Waals surface area contributed by atoms with Gasteiger partial charge in [0.2, 0.25) is 0 Å². The number of azo groups is 1. The molecule has 0 bridgehead atoms. The molecule has 100 valence electrons. The van der Waals surface area contributed by atoms with Crippen LogP contribution in [0.3, 0.4) is 0 Å². The zero-order chi connectivity index (χ0) is 14.1. The average Bonchev–Trinajstić information content (AvgIpc) is 2.42. The first-order valence-corrected chi connectivity index (χ1v) is 6.06. The predicted molar refractivity (Wildman–Crippen MR) is 65.5 cm³/mol. The number of hydrogen-bond acceptors (Lipinski definition) is 6. The molecular formula is C12H20N4O2. The van der Waals surface area contributed by atoms with Gasteiger partial charge in [0.1, 0.15) is 0 Å². The Labute approximate surface area is 108 Å². The molecule has 0 aliphatic carbocycles. The summed E-state index contributed by atoms with van der Waals surface area (Å²) in [7, 11) is 0. The second-order valence-electron chi connectivity index (χ2n) is 4.30. The topological polar surface area (TPSA) is 113 Å². The summed E-state index contributed by atoms with van der Waals surface area (Å²) in [4.78, 5) is 0. The quantitative estimate of drug-likeness (QED) is 0.638. The third-order valence-corrected chi connectivity index (χ3v) is 2.70. The van der Waals surface area contributed by atoms with Crippen LogP contribution in [0.5, 0.6) is 0 Å². The Balaban J connectivity index is 5.17. The van der Waals surface area contributed by atoms with E-state index in [2.05, 4.69) is 10.2 Å². The van der Waals surface area contributed by atoms with Crippen molar-refractivity contribution in [2.75, 3.05) is 13.2 Å². The second-order valence-corrected chi connectivity index (χ2v) is 4.30. The van der Waals surface area contributed by atoms with Crippen molar-refractivity contribution >= 4 is 0 Å². The first-order chi connectivity index (χ1) is 8.57. The van der Waals surface area contributed by atoms with Gasteiger partial charge in [-0.3, -0.25) is 0 Å². The normalized spacial score (nSPS) is 17.7. The average molecular weight is 252 g/mol. The number of nitriles is 2. The third kappa shape index (κ3) is 4.06. The first-order valence-electron chi connectivity index (χ1n) is 6.06. The van der Waals surface area contributed by atoms with Crippen molar-refractivity contribution < 1.29 is 10.2 Å². The zero-order valence-electron chi connectivity index (χ0n) is 10.9. The monoisotopic (exact) mass is 252 g/mol. The molecule has 0 saturated heterocycles. The standard InChI is InChI=1S/C12H20N4O2/c1-3-5-11(7-13,9-17)15-16-12(8-14,10-18)6-4-2/h17-18H,3-6,9-10H2,1-2H3. The molecule has 0 radical (unpaired) electrons. The van der Waals surface area contributed by atoms with Crippen molar-refractivity contribution in [2.45, 2.75) is 50.6 Å². The Bertz CT molecular complexity index is 324. The van der Waals surface area contributed by atoms with Gasteiger partial charge in [-0.2, -0.15) is 20.8 Å². The minimum atomic E-state index is -1.31. The number of hydrogen-bond donors (Lipinski definition) is 2. The largest absolute Gasteiger partial charge is 0.393 e. The lowest BCUT2D eigenvalue weighted by atomic mass is 9.96. The van der Waals surface area contributed by atoms with E-state index in [-0.39, 0.29) is 0 Å². The molecule has 0 aromatic carbocycles. The highest BCUT2D eigenvalue weighted by molar-refractivity contribution is 5.10. The molecule has 2 unspecified atom stereocenters. The van der Waals surface area contributed by atoms with Crippen LogP contribution in [0.15, 0.2) is 10.2 Å². The van der Waals surface area contributed by atoms with E-state index in [4.69, 9.17) is 10.5 Å². The van der Waals surface area contributed by atoms with Crippen LogP contribution in [0.25, 0.3) is 0 Å². The summed E-state index contributed by atoms with van der Waals surface area (Å²) < 4.78 is 0. The van der Waals surface area contributed by atoms with Gasteiger partial charge in [0.15, 0.2) is 11.1 Å². The molecule has 0 saturated carbocycles. The maximum absolute atomic E-state index is 9.26. The van der Waals surface area contributed by atoms with Gasteiger partial charge in [0.05, 0.1) is 25.4 Å². The van der Waals surface area contributed by atoms with Crippen molar-refractivity contribution in [3.63, 3.8) is 0 Å². The van der Waals surface area contributed by atoms with Crippen LogP contribution in [0.4, 0.5) is 0 Å². The van der Waals surface area contributed by atoms with E-state index in [0.717, 1.165) is 0 Å². The number of rotatable bonds is 8. The van der Waals surface area contributed by atoms with Gasteiger partial charge in [-0.15, -0.1) is 0 Å². The van der Waals surface area contributed by atoms with E-state index in [0.29, 0.717) is 25.7 Å². The zero-order valence-corrected chi connectivity index (χ0v) is 10.9. The lowest BCUT2D eigenvalue weighted by Gasteiger charge is -2.21. The maximum Gasteiger partial charge on any atom is 0.190 e. The third-order valence-electron chi connectivity index (χ3n) is 2.70. The Morgan fingerprint density at radius 1 is 0.889 bits per heavy atom. The summed E-state index contributed by atoms with van der Waals surface area (Å²) >= 11 is 0. The predicted octanol–water partition coefficient (Wildman–Crippen LogP) is 1.55. The molecule has 0 aromatic heterocycles. The highest BCUT2D eigenvalue weighted by atomic mass is 16.3. The van der Waals surface area contributed by atoms with E-state index in [1.807, 2.05) is 26.0 Å². The molecule has 0 heterocycles. The molecule has 18 heavy (non-hydrogen) atoms. The molecule has 0 rings (SSSR count). The Hall–Kier alpha value is -1.50. The number of aliphatic hydroxyl groups excluding tert-OH is 2. The summed E-state index contributed by atoms with van der Waals surface area (Å²) in [6.07, 6.45) is 2.06. The first kappa shape index (κ1) is 16.5. The van der Waals surface area contributed by atoms with E-state index in [1.165, 1.54) is 0 Å². The molecule has 0 aromatic rings. The molecule has 0 aliphatic heterocycles.